The Kier molecular flexibility index (Phi) is 7.46. The van der Waals surface area contributed by atoms with E-state index in [9.17, 15) is 0 Å². The Hall–Kier alpha value is -7.56. The molecule has 8 aromatic carbocycles. The molecule has 0 bridgehead atoms. The molecule has 0 N–H and O–H groups in total. The largest absolute Gasteiger partial charge is 0.315 e. The molecular formula is C52H34N4. The Labute approximate surface area is 324 Å². The lowest BCUT2D eigenvalue weighted by atomic mass is 9.94. The summed E-state index contributed by atoms with van der Waals surface area (Å²) in [5.41, 5.74) is 14.1. The van der Waals surface area contributed by atoms with Crippen molar-refractivity contribution in [3.05, 3.63) is 206 Å². The fraction of sp³-hybridized carbons (Fsp3) is 0. The predicted molar refractivity (Wildman–Crippen MR) is 232 cm³/mol. The highest BCUT2D eigenvalue weighted by atomic mass is 15.0. The Bertz CT molecular complexity index is 3170. The lowest BCUT2D eigenvalue weighted by Gasteiger charge is -2.15. The van der Waals surface area contributed by atoms with E-state index >= 15 is 0 Å². The maximum Gasteiger partial charge on any atom is 0.160 e. The zero-order valence-corrected chi connectivity index (χ0v) is 30.4. The molecule has 3 aromatic heterocycles. The zero-order valence-electron chi connectivity index (χ0n) is 30.4. The van der Waals surface area contributed by atoms with Crippen LogP contribution in [-0.2, 0) is 0 Å². The second kappa shape index (κ2) is 13.1. The van der Waals surface area contributed by atoms with Gasteiger partial charge in [0.25, 0.3) is 0 Å². The van der Waals surface area contributed by atoms with Gasteiger partial charge >= 0.3 is 0 Å². The van der Waals surface area contributed by atoms with Crippen molar-refractivity contribution in [2.45, 2.75) is 0 Å². The fourth-order valence-corrected chi connectivity index (χ4v) is 8.31. The first-order valence-electron chi connectivity index (χ1n) is 19.0. The number of benzene rings is 8. The summed E-state index contributed by atoms with van der Waals surface area (Å²) in [6, 6.07) is 71.0. The van der Waals surface area contributed by atoms with Gasteiger partial charge in [0.15, 0.2) is 5.82 Å². The number of hydrogen-bond acceptors (Lipinski definition) is 2. The van der Waals surface area contributed by atoms with Crippen molar-refractivity contribution in [2.24, 2.45) is 0 Å². The van der Waals surface area contributed by atoms with Gasteiger partial charge in [-0.3, -0.25) is 0 Å². The minimum absolute atomic E-state index is 0.686. The van der Waals surface area contributed by atoms with Crippen LogP contribution in [0.3, 0.4) is 0 Å². The van der Waals surface area contributed by atoms with E-state index < -0.39 is 0 Å². The van der Waals surface area contributed by atoms with E-state index in [-0.39, 0.29) is 0 Å². The number of nitrogens with zero attached hydrogens (tertiary/aromatic N) is 4. The summed E-state index contributed by atoms with van der Waals surface area (Å²) >= 11 is 0. The van der Waals surface area contributed by atoms with E-state index in [4.69, 9.17) is 9.97 Å². The Morgan fingerprint density at radius 3 is 1.71 bits per heavy atom. The highest BCUT2D eigenvalue weighted by molar-refractivity contribution is 6.18. The molecule has 4 nitrogen and oxygen atoms in total. The average Bonchev–Trinajstić information content (AvgIpc) is 3.86. The van der Waals surface area contributed by atoms with Gasteiger partial charge in [0.2, 0.25) is 0 Å². The quantitative estimate of drug-likeness (QED) is 0.172. The first kappa shape index (κ1) is 31.9. The van der Waals surface area contributed by atoms with E-state index in [2.05, 4.69) is 216 Å². The Morgan fingerprint density at radius 2 is 0.964 bits per heavy atom. The third-order valence-electron chi connectivity index (χ3n) is 10.9. The molecular weight excluding hydrogens is 681 g/mol. The van der Waals surface area contributed by atoms with Gasteiger partial charge in [-0.15, -0.1) is 0 Å². The molecule has 11 aromatic rings. The molecule has 0 unspecified atom stereocenters. The van der Waals surface area contributed by atoms with Crippen LogP contribution in [0.15, 0.2) is 206 Å². The van der Waals surface area contributed by atoms with Crippen molar-refractivity contribution in [1.29, 1.82) is 0 Å². The van der Waals surface area contributed by atoms with E-state index in [1.807, 2.05) is 0 Å². The molecule has 3 heterocycles. The zero-order chi connectivity index (χ0) is 37.0. The molecule has 0 aliphatic heterocycles. The van der Waals surface area contributed by atoms with Crippen LogP contribution in [-0.4, -0.2) is 19.1 Å². The van der Waals surface area contributed by atoms with Gasteiger partial charge in [-0.25, -0.2) is 9.97 Å². The summed E-state index contributed by atoms with van der Waals surface area (Å²) in [6.45, 7) is 0. The lowest BCUT2D eigenvalue weighted by molar-refractivity contribution is 1.11. The summed E-state index contributed by atoms with van der Waals surface area (Å²) in [7, 11) is 0. The highest BCUT2D eigenvalue weighted by Gasteiger charge is 2.19. The Morgan fingerprint density at radius 1 is 0.357 bits per heavy atom. The van der Waals surface area contributed by atoms with E-state index in [0.717, 1.165) is 66.9 Å². The molecule has 4 heteroatoms. The van der Waals surface area contributed by atoms with Crippen LogP contribution >= 0.6 is 0 Å². The summed E-state index contributed by atoms with van der Waals surface area (Å²) < 4.78 is 4.72. The van der Waals surface area contributed by atoms with Gasteiger partial charge in [-0.2, -0.15) is 0 Å². The van der Waals surface area contributed by atoms with Gasteiger partial charge in [0.05, 0.1) is 27.8 Å². The van der Waals surface area contributed by atoms with Crippen molar-refractivity contribution in [3.8, 4) is 56.3 Å². The van der Waals surface area contributed by atoms with Gasteiger partial charge in [-0.1, -0.05) is 140 Å². The van der Waals surface area contributed by atoms with Crippen LogP contribution in [0.2, 0.25) is 0 Å². The maximum atomic E-state index is 5.43. The molecule has 0 amide bonds. The van der Waals surface area contributed by atoms with Crippen molar-refractivity contribution in [3.63, 3.8) is 0 Å². The molecule has 262 valence electrons. The molecule has 0 aliphatic rings. The van der Waals surface area contributed by atoms with Crippen molar-refractivity contribution < 1.29 is 0 Å². The minimum Gasteiger partial charge on any atom is -0.315 e. The summed E-state index contributed by atoms with van der Waals surface area (Å²) in [5, 5.41) is 4.64. The van der Waals surface area contributed by atoms with Crippen LogP contribution in [0.5, 0.6) is 0 Å². The SMILES string of the molecule is c1ccc(-c2cc(-c3ccccc3)cc(-c3nc(-c4cccc(-n5c6ccccc6c6ccc7ccn(-c8ccccc8)c7c65)c4)nc4ccccc34)c2)cc1. The van der Waals surface area contributed by atoms with E-state index in [1.54, 1.807) is 0 Å². The molecule has 0 fully saturated rings. The third-order valence-corrected chi connectivity index (χ3v) is 10.9. The van der Waals surface area contributed by atoms with Gasteiger partial charge in [0, 0.05) is 50.2 Å². The highest BCUT2D eigenvalue weighted by Crippen LogP contribution is 2.40. The molecule has 0 spiro atoms. The molecule has 0 saturated heterocycles. The second-order valence-corrected chi connectivity index (χ2v) is 14.3. The van der Waals surface area contributed by atoms with Crippen LogP contribution in [0.1, 0.15) is 0 Å². The normalized spacial score (nSPS) is 11.6. The Balaban J connectivity index is 1.13. The number of hydrogen-bond donors (Lipinski definition) is 0. The van der Waals surface area contributed by atoms with Gasteiger partial charge in [-0.05, 0) is 82.9 Å². The number of rotatable bonds is 6. The number of fused-ring (bicyclic) bond motifs is 6. The molecule has 0 saturated carbocycles. The number of aromatic nitrogens is 4. The predicted octanol–water partition coefficient (Wildman–Crippen LogP) is 13.3. The van der Waals surface area contributed by atoms with Crippen LogP contribution in [0, 0.1) is 0 Å². The van der Waals surface area contributed by atoms with E-state index in [0.29, 0.717) is 5.82 Å². The fourth-order valence-electron chi connectivity index (χ4n) is 8.31. The smallest absolute Gasteiger partial charge is 0.160 e. The molecule has 0 aliphatic carbocycles. The second-order valence-electron chi connectivity index (χ2n) is 14.3. The van der Waals surface area contributed by atoms with Crippen molar-refractivity contribution in [1.82, 2.24) is 19.1 Å². The van der Waals surface area contributed by atoms with Crippen molar-refractivity contribution >= 4 is 43.6 Å². The van der Waals surface area contributed by atoms with E-state index in [1.165, 1.54) is 27.2 Å². The average molecular weight is 715 g/mol. The monoisotopic (exact) mass is 714 g/mol. The number of para-hydroxylation sites is 3. The van der Waals surface area contributed by atoms with Crippen molar-refractivity contribution in [2.75, 3.05) is 0 Å². The molecule has 0 atom stereocenters. The lowest BCUT2D eigenvalue weighted by Crippen LogP contribution is -1.99. The summed E-state index contributed by atoms with van der Waals surface area (Å²) in [6.07, 6.45) is 2.18. The standard InChI is InChI=1S/C52H34N4/c1-4-15-35(16-5-1)39-31-40(36-17-6-2-7-18-36)33-41(32-39)49-46-24-10-12-25-47(46)53-52(54-49)38-19-14-22-43(34-38)56-48-26-13-11-23-44(48)45-28-27-37-29-30-55(50(37)51(45)56)42-20-8-3-9-21-42/h1-34H. The third kappa shape index (κ3) is 5.31. The first-order chi connectivity index (χ1) is 27.8. The van der Waals surface area contributed by atoms with Gasteiger partial charge in [0.1, 0.15) is 0 Å². The molecule has 11 rings (SSSR count). The van der Waals surface area contributed by atoms with Crippen LogP contribution in [0.25, 0.3) is 99.9 Å². The molecule has 0 radical (unpaired) electrons. The molecule has 56 heavy (non-hydrogen) atoms. The first-order valence-corrected chi connectivity index (χ1v) is 19.0. The topological polar surface area (TPSA) is 35.6 Å². The van der Waals surface area contributed by atoms with Crippen LogP contribution in [0.4, 0.5) is 0 Å². The van der Waals surface area contributed by atoms with Crippen LogP contribution < -0.4 is 0 Å². The summed E-state index contributed by atoms with van der Waals surface area (Å²) in [4.78, 5) is 10.6. The minimum atomic E-state index is 0.686. The van der Waals surface area contributed by atoms with Gasteiger partial charge < -0.3 is 9.13 Å². The maximum absolute atomic E-state index is 5.43. The summed E-state index contributed by atoms with van der Waals surface area (Å²) in [5.74, 6) is 0.686.